The van der Waals surface area contributed by atoms with E-state index >= 15 is 0 Å². The highest BCUT2D eigenvalue weighted by Crippen LogP contribution is 2.33. The summed E-state index contributed by atoms with van der Waals surface area (Å²) in [4.78, 5) is 13.0. The lowest BCUT2D eigenvalue weighted by molar-refractivity contribution is -0.111. The first kappa shape index (κ1) is 21.7. The van der Waals surface area contributed by atoms with Gasteiger partial charge in [-0.05, 0) is 46.7 Å². The molecule has 32 heavy (non-hydrogen) atoms. The topological polar surface area (TPSA) is 47.6 Å². The molecule has 1 N–H and O–H groups in total. The molecule has 0 bridgehead atoms. The number of fused-ring (bicyclic) bond motifs is 1. The Morgan fingerprint density at radius 1 is 0.844 bits per heavy atom. The van der Waals surface area contributed by atoms with Gasteiger partial charge in [-0.15, -0.1) is 0 Å². The van der Waals surface area contributed by atoms with Crippen molar-refractivity contribution in [2.75, 3.05) is 18.5 Å². The van der Waals surface area contributed by atoms with Crippen LogP contribution in [0.2, 0.25) is 0 Å². The van der Waals surface area contributed by atoms with Crippen molar-refractivity contribution >= 4 is 17.2 Å². The predicted octanol–water partition coefficient (Wildman–Crippen LogP) is 6.13. The second-order valence-corrected chi connectivity index (χ2v) is 9.10. The summed E-state index contributed by atoms with van der Waals surface area (Å²) in [6.45, 7) is 9.68. The van der Waals surface area contributed by atoms with Crippen LogP contribution in [-0.2, 0) is 10.2 Å². The number of anilines is 1. The molecule has 0 radical (unpaired) electrons. The van der Waals surface area contributed by atoms with E-state index < -0.39 is 0 Å². The van der Waals surface area contributed by atoms with Gasteiger partial charge >= 0.3 is 0 Å². The number of amides is 1. The normalized spacial score (nSPS) is 13.6. The van der Waals surface area contributed by atoms with Gasteiger partial charge in [0.05, 0.1) is 0 Å². The van der Waals surface area contributed by atoms with Crippen LogP contribution in [0.5, 0.6) is 11.5 Å². The quantitative estimate of drug-likeness (QED) is 0.509. The lowest BCUT2D eigenvalue weighted by Crippen LogP contribution is -2.16. The van der Waals surface area contributed by atoms with Gasteiger partial charge in [-0.3, -0.25) is 4.79 Å². The Kier molecular flexibility index (Phi) is 6.04. The summed E-state index contributed by atoms with van der Waals surface area (Å²) in [5, 5.41) is 2.96. The number of carbonyl (C=O) groups excluding carboxylic acids is 1. The van der Waals surface area contributed by atoms with Gasteiger partial charge in [-0.25, -0.2) is 0 Å². The van der Waals surface area contributed by atoms with Gasteiger partial charge in [0.25, 0.3) is 0 Å². The van der Waals surface area contributed by atoms with E-state index in [-0.39, 0.29) is 11.3 Å². The largest absolute Gasteiger partial charge is 0.486 e. The van der Waals surface area contributed by atoms with Crippen LogP contribution in [0.25, 0.3) is 5.57 Å². The minimum absolute atomic E-state index is 0.0713. The Morgan fingerprint density at radius 2 is 1.44 bits per heavy atom. The van der Waals surface area contributed by atoms with Crippen LogP contribution in [0.3, 0.4) is 0 Å². The van der Waals surface area contributed by atoms with Gasteiger partial charge < -0.3 is 14.8 Å². The Bertz CT molecular complexity index is 1140. The Balaban J connectivity index is 1.64. The third kappa shape index (κ3) is 5.02. The number of nitrogens with one attached hydrogen (secondary N) is 1. The fourth-order valence-corrected chi connectivity index (χ4v) is 3.65. The molecule has 164 valence electrons. The van der Waals surface area contributed by atoms with Crippen molar-refractivity contribution in [1.29, 1.82) is 0 Å². The lowest BCUT2D eigenvalue weighted by atomic mass is 9.85. The van der Waals surface area contributed by atoms with Gasteiger partial charge in [0.2, 0.25) is 5.91 Å². The maximum absolute atomic E-state index is 13.0. The van der Waals surface area contributed by atoms with Crippen molar-refractivity contribution in [2.24, 2.45) is 0 Å². The molecule has 0 saturated carbocycles. The summed E-state index contributed by atoms with van der Waals surface area (Å²) >= 11 is 0. The molecule has 3 aromatic carbocycles. The van der Waals surface area contributed by atoms with Gasteiger partial charge in [0.1, 0.15) is 13.2 Å². The van der Waals surface area contributed by atoms with Crippen molar-refractivity contribution in [3.8, 4) is 11.5 Å². The number of benzene rings is 3. The van der Waals surface area contributed by atoms with E-state index in [9.17, 15) is 4.79 Å². The first-order chi connectivity index (χ1) is 15.3. The second kappa shape index (κ2) is 8.91. The van der Waals surface area contributed by atoms with Crippen LogP contribution < -0.4 is 14.8 Å². The van der Waals surface area contributed by atoms with Crippen LogP contribution >= 0.6 is 0 Å². The molecule has 1 amide bonds. The summed E-state index contributed by atoms with van der Waals surface area (Å²) in [6, 6.07) is 22.1. The molecule has 0 fully saturated rings. The highest BCUT2D eigenvalue weighted by atomic mass is 16.6. The van der Waals surface area contributed by atoms with Crippen LogP contribution in [0, 0.1) is 6.92 Å². The molecule has 0 aromatic heterocycles. The molecule has 0 aliphatic carbocycles. The summed E-state index contributed by atoms with van der Waals surface area (Å²) in [5.74, 6) is 1.15. The third-order valence-electron chi connectivity index (χ3n) is 5.51. The standard InChI is InChI=1S/C28H29NO3/c1-19-5-7-20(8-6-19)24(21-9-11-22(12-10-21)28(2,3)4)18-27(30)29-23-13-14-25-26(17-23)32-16-15-31-25/h5-14,17-18H,15-16H2,1-4H3,(H,29,30)/b24-18+. The van der Waals surface area contributed by atoms with E-state index in [2.05, 4.69) is 81.5 Å². The molecule has 1 heterocycles. The molecule has 0 spiro atoms. The zero-order chi connectivity index (χ0) is 22.7. The molecule has 3 aromatic rings. The molecule has 4 rings (SSSR count). The number of aryl methyl sites for hydroxylation is 1. The van der Waals surface area contributed by atoms with Crippen molar-refractivity contribution in [3.05, 3.63) is 95.1 Å². The smallest absolute Gasteiger partial charge is 0.249 e. The van der Waals surface area contributed by atoms with Crippen LogP contribution in [0.1, 0.15) is 43.0 Å². The van der Waals surface area contributed by atoms with Gasteiger partial charge in [0, 0.05) is 17.8 Å². The molecule has 0 atom stereocenters. The van der Waals surface area contributed by atoms with Crippen LogP contribution in [0.4, 0.5) is 5.69 Å². The van der Waals surface area contributed by atoms with Crippen molar-refractivity contribution in [3.63, 3.8) is 0 Å². The average Bonchev–Trinajstić information content (AvgIpc) is 2.78. The van der Waals surface area contributed by atoms with Crippen LogP contribution in [0.15, 0.2) is 72.8 Å². The maximum Gasteiger partial charge on any atom is 0.249 e. The minimum atomic E-state index is -0.197. The van der Waals surface area contributed by atoms with E-state index in [1.165, 1.54) is 11.1 Å². The fraction of sp³-hybridized carbons (Fsp3) is 0.250. The number of hydrogen-bond acceptors (Lipinski definition) is 3. The van der Waals surface area contributed by atoms with Gasteiger partial charge in [-0.1, -0.05) is 74.9 Å². The Hall–Kier alpha value is -3.53. The highest BCUT2D eigenvalue weighted by Gasteiger charge is 2.16. The first-order valence-corrected chi connectivity index (χ1v) is 10.9. The van der Waals surface area contributed by atoms with Crippen molar-refractivity contribution in [2.45, 2.75) is 33.1 Å². The SMILES string of the molecule is Cc1ccc(/C(=C\C(=O)Nc2ccc3c(c2)OCCO3)c2ccc(C(C)(C)C)cc2)cc1. The first-order valence-electron chi connectivity index (χ1n) is 10.9. The Morgan fingerprint density at radius 3 is 2.06 bits per heavy atom. The molecule has 4 nitrogen and oxygen atoms in total. The molecule has 0 saturated heterocycles. The van der Waals surface area contributed by atoms with Crippen LogP contribution in [-0.4, -0.2) is 19.1 Å². The number of ether oxygens (including phenoxy) is 2. The molecule has 1 aliphatic heterocycles. The summed E-state index contributed by atoms with van der Waals surface area (Å²) in [5.41, 5.74) is 6.04. The molecular weight excluding hydrogens is 398 g/mol. The van der Waals surface area contributed by atoms with E-state index in [1.807, 2.05) is 12.1 Å². The maximum atomic E-state index is 13.0. The second-order valence-electron chi connectivity index (χ2n) is 9.10. The number of hydrogen-bond donors (Lipinski definition) is 1. The summed E-state index contributed by atoms with van der Waals surface area (Å²) in [6.07, 6.45) is 1.66. The van der Waals surface area contributed by atoms with E-state index in [4.69, 9.17) is 9.47 Å². The molecule has 4 heteroatoms. The number of carbonyl (C=O) groups is 1. The molecular formula is C28H29NO3. The average molecular weight is 428 g/mol. The zero-order valence-electron chi connectivity index (χ0n) is 19.1. The minimum Gasteiger partial charge on any atom is -0.486 e. The summed E-state index contributed by atoms with van der Waals surface area (Å²) in [7, 11) is 0. The van der Waals surface area contributed by atoms with Gasteiger partial charge in [0.15, 0.2) is 11.5 Å². The Labute approximate surface area is 189 Å². The molecule has 1 aliphatic rings. The highest BCUT2D eigenvalue weighted by molar-refractivity contribution is 6.06. The third-order valence-corrected chi connectivity index (χ3v) is 5.51. The monoisotopic (exact) mass is 427 g/mol. The molecule has 0 unspecified atom stereocenters. The lowest BCUT2D eigenvalue weighted by Gasteiger charge is -2.20. The van der Waals surface area contributed by atoms with Crippen molar-refractivity contribution < 1.29 is 14.3 Å². The van der Waals surface area contributed by atoms with Gasteiger partial charge in [-0.2, -0.15) is 0 Å². The zero-order valence-corrected chi connectivity index (χ0v) is 19.1. The van der Waals surface area contributed by atoms with E-state index in [0.29, 0.717) is 30.4 Å². The predicted molar refractivity (Wildman–Crippen MR) is 129 cm³/mol. The van der Waals surface area contributed by atoms with Crippen molar-refractivity contribution in [1.82, 2.24) is 0 Å². The van der Waals surface area contributed by atoms with E-state index in [0.717, 1.165) is 16.7 Å². The summed E-state index contributed by atoms with van der Waals surface area (Å²) < 4.78 is 11.2. The van der Waals surface area contributed by atoms with E-state index in [1.54, 1.807) is 12.1 Å². The fourth-order valence-electron chi connectivity index (χ4n) is 3.65. The number of rotatable bonds is 4.